The first-order valence-electron chi connectivity index (χ1n) is 8.81. The van der Waals surface area contributed by atoms with Crippen LogP contribution in [0.4, 0.5) is 5.69 Å². The molecule has 2 aromatic carbocycles. The van der Waals surface area contributed by atoms with Crippen molar-refractivity contribution in [1.82, 2.24) is 4.57 Å². The zero-order valence-corrected chi connectivity index (χ0v) is 16.4. The molecule has 0 amide bonds. The molecule has 0 bridgehead atoms. The van der Waals surface area contributed by atoms with Gasteiger partial charge in [-0.15, -0.1) is 0 Å². The molecule has 1 aromatic heterocycles. The molecule has 142 valence electrons. The monoisotopic (exact) mass is 393 g/mol. The van der Waals surface area contributed by atoms with Crippen LogP contribution in [0.2, 0.25) is 0 Å². The molecule has 2 heterocycles. The van der Waals surface area contributed by atoms with E-state index in [1.165, 1.54) is 11.3 Å². The number of rotatable bonds is 4. The molecule has 6 nitrogen and oxygen atoms in total. The lowest BCUT2D eigenvalue weighted by molar-refractivity contribution is 0.101. The molecule has 4 rings (SSSR count). The summed E-state index contributed by atoms with van der Waals surface area (Å²) in [5.41, 5.74) is 2.39. The zero-order chi connectivity index (χ0) is 19.7. The normalized spacial score (nSPS) is 13.8. The maximum atomic E-state index is 12.9. The van der Waals surface area contributed by atoms with E-state index in [2.05, 4.69) is 4.99 Å². The molecule has 7 heteroatoms. The van der Waals surface area contributed by atoms with E-state index < -0.39 is 0 Å². The third kappa shape index (κ3) is 3.48. The molecule has 0 radical (unpaired) electrons. The molecule has 0 saturated carbocycles. The summed E-state index contributed by atoms with van der Waals surface area (Å²) in [7, 11) is 1.62. The standard InChI is InChI=1S/C21H19N3O3S/c1-14(25)16-4-3-5-17(11-16)23-12-22-21-24(13-23)20(26)19(28-21)10-15-6-8-18(27-2)9-7-15/h3-11H,12-13H2,1-2H3. The van der Waals surface area contributed by atoms with Crippen molar-refractivity contribution in [3.63, 3.8) is 0 Å². The number of carbonyl (C=O) groups excluding carboxylic acids is 1. The number of hydrogen-bond acceptors (Lipinski definition) is 6. The molecule has 0 spiro atoms. The number of fused-ring (bicyclic) bond motifs is 1. The number of aromatic nitrogens is 1. The van der Waals surface area contributed by atoms with Crippen molar-refractivity contribution in [3.8, 4) is 5.75 Å². The summed E-state index contributed by atoms with van der Waals surface area (Å²) in [4.78, 5) is 31.8. The Morgan fingerprint density at radius 3 is 2.71 bits per heavy atom. The maximum Gasteiger partial charge on any atom is 0.271 e. The molecule has 0 N–H and O–H groups in total. The summed E-state index contributed by atoms with van der Waals surface area (Å²) in [5, 5.41) is 0. The molecular formula is C21H19N3O3S. The fourth-order valence-corrected chi connectivity index (χ4v) is 4.01. The second-order valence-corrected chi connectivity index (χ2v) is 7.50. The Bertz CT molecular complexity index is 1210. The van der Waals surface area contributed by atoms with E-state index in [4.69, 9.17) is 4.74 Å². The van der Waals surface area contributed by atoms with E-state index in [0.29, 0.717) is 28.2 Å². The molecule has 0 unspecified atom stereocenters. The number of methoxy groups -OCH3 is 1. The quantitative estimate of drug-likeness (QED) is 0.636. The van der Waals surface area contributed by atoms with Crippen molar-refractivity contribution in [2.24, 2.45) is 4.99 Å². The topological polar surface area (TPSA) is 63.9 Å². The molecule has 0 atom stereocenters. The molecular weight excluding hydrogens is 374 g/mol. The van der Waals surface area contributed by atoms with Gasteiger partial charge in [0.2, 0.25) is 0 Å². The predicted molar refractivity (Wildman–Crippen MR) is 110 cm³/mol. The van der Waals surface area contributed by atoms with Gasteiger partial charge in [-0.3, -0.25) is 14.2 Å². The Kier molecular flexibility index (Phi) is 4.83. The Morgan fingerprint density at radius 1 is 1.21 bits per heavy atom. The third-order valence-electron chi connectivity index (χ3n) is 4.61. The van der Waals surface area contributed by atoms with E-state index >= 15 is 0 Å². The predicted octanol–water partition coefficient (Wildman–Crippen LogP) is 2.00. The highest BCUT2D eigenvalue weighted by molar-refractivity contribution is 7.07. The van der Waals surface area contributed by atoms with Crippen molar-refractivity contribution < 1.29 is 9.53 Å². The highest BCUT2D eigenvalue weighted by Gasteiger charge is 2.16. The van der Waals surface area contributed by atoms with E-state index in [0.717, 1.165) is 17.0 Å². The summed E-state index contributed by atoms with van der Waals surface area (Å²) >= 11 is 1.39. The average Bonchev–Trinajstić information content (AvgIpc) is 3.03. The van der Waals surface area contributed by atoms with Crippen molar-refractivity contribution >= 4 is 28.9 Å². The number of ketones is 1. The third-order valence-corrected chi connectivity index (χ3v) is 5.65. The van der Waals surface area contributed by atoms with Gasteiger partial charge >= 0.3 is 0 Å². The second-order valence-electron chi connectivity index (χ2n) is 6.49. The van der Waals surface area contributed by atoms with Crippen LogP contribution < -0.4 is 24.5 Å². The molecule has 28 heavy (non-hydrogen) atoms. The number of thiazole rings is 1. The fraction of sp³-hybridized carbons (Fsp3) is 0.190. The Balaban J connectivity index is 1.67. The highest BCUT2D eigenvalue weighted by atomic mass is 32.1. The highest BCUT2D eigenvalue weighted by Crippen LogP contribution is 2.18. The smallest absolute Gasteiger partial charge is 0.271 e. The van der Waals surface area contributed by atoms with Crippen LogP contribution in [0.15, 0.2) is 58.3 Å². The van der Waals surface area contributed by atoms with Crippen LogP contribution in [0, 0.1) is 0 Å². The summed E-state index contributed by atoms with van der Waals surface area (Å²) in [6.07, 6.45) is 1.87. The number of ether oxygens (including phenoxy) is 1. The largest absolute Gasteiger partial charge is 0.497 e. The molecule has 0 aliphatic carbocycles. The molecule has 0 saturated heterocycles. The van der Waals surface area contributed by atoms with Gasteiger partial charge in [0.1, 0.15) is 19.1 Å². The SMILES string of the molecule is COc1ccc(C=c2sc3n(c2=O)CN(c2cccc(C(C)=O)c2)CN=3)cc1. The molecule has 1 aliphatic heterocycles. The Hall–Kier alpha value is -3.19. The van der Waals surface area contributed by atoms with Gasteiger partial charge in [0.25, 0.3) is 5.56 Å². The van der Waals surface area contributed by atoms with Gasteiger partial charge in [0.05, 0.1) is 11.6 Å². The van der Waals surface area contributed by atoms with Crippen LogP contribution >= 0.6 is 11.3 Å². The lowest BCUT2D eigenvalue weighted by Crippen LogP contribution is -2.42. The number of anilines is 1. The van der Waals surface area contributed by atoms with Gasteiger partial charge in [-0.25, -0.2) is 4.99 Å². The summed E-state index contributed by atoms with van der Waals surface area (Å²) in [6.45, 7) is 2.40. The van der Waals surface area contributed by atoms with Crippen LogP contribution in [0.25, 0.3) is 6.08 Å². The molecule has 1 aliphatic rings. The van der Waals surface area contributed by atoms with Gasteiger partial charge < -0.3 is 9.64 Å². The van der Waals surface area contributed by atoms with Gasteiger partial charge in [-0.1, -0.05) is 35.6 Å². The van der Waals surface area contributed by atoms with Crippen molar-refractivity contribution in [1.29, 1.82) is 0 Å². The van der Waals surface area contributed by atoms with E-state index in [1.807, 2.05) is 53.4 Å². The van der Waals surface area contributed by atoms with Crippen LogP contribution in [0.1, 0.15) is 22.8 Å². The van der Waals surface area contributed by atoms with Crippen LogP contribution in [-0.2, 0) is 6.67 Å². The molecule has 0 fully saturated rings. The maximum absolute atomic E-state index is 12.9. The number of carbonyl (C=O) groups is 1. The Labute approximate surface area is 165 Å². The zero-order valence-electron chi connectivity index (χ0n) is 15.6. The number of Topliss-reactive ketones (excluding diaryl/α,β-unsaturated/α-hetero) is 1. The van der Waals surface area contributed by atoms with Crippen LogP contribution in [0.5, 0.6) is 5.75 Å². The van der Waals surface area contributed by atoms with E-state index in [-0.39, 0.29) is 11.3 Å². The first-order valence-corrected chi connectivity index (χ1v) is 9.62. The minimum atomic E-state index is -0.0630. The average molecular weight is 393 g/mol. The first kappa shape index (κ1) is 18.2. The van der Waals surface area contributed by atoms with E-state index in [1.54, 1.807) is 24.7 Å². The second kappa shape index (κ2) is 7.44. The lowest BCUT2D eigenvalue weighted by atomic mass is 10.1. The van der Waals surface area contributed by atoms with Gasteiger partial charge in [0.15, 0.2) is 10.6 Å². The van der Waals surface area contributed by atoms with E-state index in [9.17, 15) is 9.59 Å². The van der Waals surface area contributed by atoms with Crippen molar-refractivity contribution in [3.05, 3.63) is 79.3 Å². The van der Waals surface area contributed by atoms with Gasteiger partial charge in [-0.2, -0.15) is 0 Å². The van der Waals surface area contributed by atoms with Crippen LogP contribution in [-0.4, -0.2) is 24.1 Å². The summed E-state index contributed by atoms with van der Waals surface area (Å²) < 4.78 is 7.48. The Morgan fingerprint density at radius 2 is 2.00 bits per heavy atom. The number of hydrogen-bond donors (Lipinski definition) is 0. The van der Waals surface area contributed by atoms with Crippen LogP contribution in [0.3, 0.4) is 0 Å². The fourth-order valence-electron chi connectivity index (χ4n) is 3.05. The minimum Gasteiger partial charge on any atom is -0.497 e. The summed E-state index contributed by atoms with van der Waals surface area (Å²) in [5.74, 6) is 0.790. The van der Waals surface area contributed by atoms with Crippen molar-refractivity contribution in [2.75, 3.05) is 18.7 Å². The first-order chi connectivity index (χ1) is 13.5. The van der Waals surface area contributed by atoms with Crippen molar-refractivity contribution in [2.45, 2.75) is 13.6 Å². The number of benzene rings is 2. The summed E-state index contributed by atoms with van der Waals surface area (Å²) in [6, 6.07) is 15.0. The lowest BCUT2D eigenvalue weighted by Gasteiger charge is -2.25. The van der Waals surface area contributed by atoms with Gasteiger partial charge in [-0.05, 0) is 42.8 Å². The van der Waals surface area contributed by atoms with Gasteiger partial charge in [0, 0.05) is 11.3 Å². The molecule has 3 aromatic rings. The minimum absolute atomic E-state index is 0.0144. The number of nitrogens with zero attached hydrogens (tertiary/aromatic N) is 3.